The summed E-state index contributed by atoms with van der Waals surface area (Å²) < 4.78 is 5.33. The van der Waals surface area contributed by atoms with Crippen LogP contribution in [0.25, 0.3) is 0 Å². The van der Waals surface area contributed by atoms with Crippen molar-refractivity contribution in [2.75, 3.05) is 33.4 Å². The van der Waals surface area contributed by atoms with Gasteiger partial charge in [-0.15, -0.1) is 0 Å². The lowest BCUT2D eigenvalue weighted by molar-refractivity contribution is -0.127. The first-order chi connectivity index (χ1) is 10.1. The van der Waals surface area contributed by atoms with Gasteiger partial charge in [0.15, 0.2) is 0 Å². The number of methoxy groups -OCH3 is 1. The fraction of sp³-hybridized carbons (Fsp3) is 0.867. The van der Waals surface area contributed by atoms with Crippen LogP contribution in [0.4, 0.5) is 4.79 Å². The standard InChI is InChI=1S/C15H27N3O3/c1-21-11-15(6-2-3-7-15)10-17-13(19)12-5-4-8-18(9-12)14(16)20/h12H,2-11H2,1H3,(H2,16,20)(H,17,19)/t12-/m1/s1. The number of urea groups is 1. The van der Waals surface area contributed by atoms with Gasteiger partial charge in [-0.05, 0) is 25.7 Å². The summed E-state index contributed by atoms with van der Waals surface area (Å²) in [5, 5.41) is 3.08. The van der Waals surface area contributed by atoms with Crippen LogP contribution < -0.4 is 11.1 Å². The number of hydrogen-bond donors (Lipinski definition) is 2. The molecule has 2 fully saturated rings. The molecule has 0 spiro atoms. The normalized spacial score (nSPS) is 24.8. The molecule has 2 rings (SSSR count). The average molecular weight is 297 g/mol. The Morgan fingerprint density at radius 1 is 1.33 bits per heavy atom. The third-order valence-corrected chi connectivity index (χ3v) is 4.86. The second-order valence-corrected chi connectivity index (χ2v) is 6.48. The molecule has 0 radical (unpaired) electrons. The predicted molar refractivity (Wildman–Crippen MR) is 79.7 cm³/mol. The Balaban J connectivity index is 1.84. The third-order valence-electron chi connectivity index (χ3n) is 4.86. The minimum atomic E-state index is -0.431. The summed E-state index contributed by atoms with van der Waals surface area (Å²) in [5.74, 6) is -0.0874. The number of nitrogens with zero attached hydrogens (tertiary/aromatic N) is 1. The average Bonchev–Trinajstić information content (AvgIpc) is 2.94. The van der Waals surface area contributed by atoms with Crippen LogP contribution in [0.1, 0.15) is 38.5 Å². The quantitative estimate of drug-likeness (QED) is 0.797. The molecule has 1 saturated carbocycles. The smallest absolute Gasteiger partial charge is 0.314 e. The van der Waals surface area contributed by atoms with Crippen LogP contribution in [-0.2, 0) is 9.53 Å². The van der Waals surface area contributed by atoms with Gasteiger partial charge in [0.25, 0.3) is 0 Å². The van der Waals surface area contributed by atoms with Crippen LogP contribution in [-0.4, -0.2) is 50.2 Å². The van der Waals surface area contributed by atoms with Gasteiger partial charge in [-0.1, -0.05) is 12.8 Å². The summed E-state index contributed by atoms with van der Waals surface area (Å²) in [5.41, 5.74) is 5.40. The molecule has 6 nitrogen and oxygen atoms in total. The number of rotatable bonds is 5. The van der Waals surface area contributed by atoms with Crippen molar-refractivity contribution in [3.05, 3.63) is 0 Å². The molecule has 0 aromatic carbocycles. The van der Waals surface area contributed by atoms with Crippen LogP contribution in [0.3, 0.4) is 0 Å². The number of primary amides is 1. The van der Waals surface area contributed by atoms with E-state index in [0.717, 1.165) is 25.7 Å². The Morgan fingerprint density at radius 2 is 2.05 bits per heavy atom. The summed E-state index contributed by atoms with van der Waals surface area (Å²) in [7, 11) is 1.72. The van der Waals surface area contributed by atoms with E-state index < -0.39 is 6.03 Å². The van der Waals surface area contributed by atoms with E-state index in [1.54, 1.807) is 12.0 Å². The fourth-order valence-corrected chi connectivity index (χ4v) is 3.61. The lowest BCUT2D eigenvalue weighted by Gasteiger charge is -2.33. The van der Waals surface area contributed by atoms with Gasteiger partial charge in [-0.25, -0.2) is 4.79 Å². The van der Waals surface area contributed by atoms with E-state index in [1.807, 2.05) is 0 Å². The molecule has 0 aromatic heterocycles. The number of carbonyl (C=O) groups is 2. The van der Waals surface area contributed by atoms with Gasteiger partial charge >= 0.3 is 6.03 Å². The maximum absolute atomic E-state index is 12.3. The van der Waals surface area contributed by atoms with E-state index in [4.69, 9.17) is 10.5 Å². The maximum Gasteiger partial charge on any atom is 0.314 e. The highest BCUT2D eigenvalue weighted by Crippen LogP contribution is 2.37. The predicted octanol–water partition coefficient (Wildman–Crippen LogP) is 1.10. The van der Waals surface area contributed by atoms with Crippen molar-refractivity contribution in [3.8, 4) is 0 Å². The van der Waals surface area contributed by atoms with Gasteiger partial charge in [0, 0.05) is 32.2 Å². The molecule has 1 atom stereocenters. The van der Waals surface area contributed by atoms with Crippen LogP contribution in [0.2, 0.25) is 0 Å². The zero-order valence-electron chi connectivity index (χ0n) is 12.9. The van der Waals surface area contributed by atoms with Gasteiger partial charge in [0.1, 0.15) is 0 Å². The maximum atomic E-state index is 12.3. The highest BCUT2D eigenvalue weighted by atomic mass is 16.5. The number of nitrogens with one attached hydrogen (secondary N) is 1. The molecule has 0 bridgehead atoms. The molecule has 1 aliphatic carbocycles. The second-order valence-electron chi connectivity index (χ2n) is 6.48. The number of nitrogens with two attached hydrogens (primary N) is 1. The minimum Gasteiger partial charge on any atom is -0.384 e. The molecule has 0 unspecified atom stereocenters. The van der Waals surface area contributed by atoms with Gasteiger partial charge < -0.3 is 20.7 Å². The number of piperidine rings is 1. The summed E-state index contributed by atoms with van der Waals surface area (Å²) >= 11 is 0. The minimum absolute atomic E-state index is 0.0447. The molecule has 21 heavy (non-hydrogen) atoms. The van der Waals surface area contributed by atoms with Gasteiger partial charge in [0.05, 0.1) is 12.5 Å². The van der Waals surface area contributed by atoms with E-state index in [-0.39, 0.29) is 17.2 Å². The van der Waals surface area contributed by atoms with Crippen molar-refractivity contribution in [2.24, 2.45) is 17.1 Å². The summed E-state index contributed by atoms with van der Waals surface area (Å²) in [6, 6.07) is -0.431. The molecule has 1 saturated heterocycles. The molecule has 6 heteroatoms. The monoisotopic (exact) mass is 297 g/mol. The van der Waals surface area contributed by atoms with Gasteiger partial charge in [-0.3, -0.25) is 4.79 Å². The lowest BCUT2D eigenvalue weighted by Crippen LogP contribution is -2.49. The fourth-order valence-electron chi connectivity index (χ4n) is 3.61. The summed E-state index contributed by atoms with van der Waals surface area (Å²) in [6.07, 6.45) is 6.30. The number of carbonyl (C=O) groups excluding carboxylic acids is 2. The number of likely N-dealkylation sites (tertiary alicyclic amines) is 1. The zero-order chi connectivity index (χ0) is 15.3. The first-order valence-electron chi connectivity index (χ1n) is 7.87. The lowest BCUT2D eigenvalue weighted by atomic mass is 9.86. The largest absolute Gasteiger partial charge is 0.384 e. The van der Waals surface area contributed by atoms with E-state index in [1.165, 1.54) is 12.8 Å². The topological polar surface area (TPSA) is 84.7 Å². The zero-order valence-corrected chi connectivity index (χ0v) is 12.9. The van der Waals surface area contributed by atoms with Crippen LogP contribution in [0.15, 0.2) is 0 Å². The third kappa shape index (κ3) is 4.09. The molecule has 2 aliphatic rings. The van der Waals surface area contributed by atoms with E-state index in [9.17, 15) is 9.59 Å². The SMILES string of the molecule is COCC1(CNC(=O)[C@@H]2CCCN(C(N)=O)C2)CCCC1. The summed E-state index contributed by atoms with van der Waals surface area (Å²) in [6.45, 7) is 2.48. The molecule has 1 heterocycles. The van der Waals surface area contributed by atoms with Crippen molar-refractivity contribution in [2.45, 2.75) is 38.5 Å². The number of hydrogen-bond acceptors (Lipinski definition) is 3. The van der Waals surface area contributed by atoms with Crippen molar-refractivity contribution < 1.29 is 14.3 Å². The Kier molecular flexibility index (Phi) is 5.45. The van der Waals surface area contributed by atoms with E-state index in [2.05, 4.69) is 5.32 Å². The highest BCUT2D eigenvalue weighted by Gasteiger charge is 2.35. The van der Waals surface area contributed by atoms with Crippen molar-refractivity contribution >= 4 is 11.9 Å². The Labute approximate surface area is 126 Å². The van der Waals surface area contributed by atoms with E-state index in [0.29, 0.717) is 26.2 Å². The van der Waals surface area contributed by atoms with Crippen molar-refractivity contribution in [1.82, 2.24) is 10.2 Å². The second kappa shape index (κ2) is 7.11. The molecule has 3 amide bonds. The summed E-state index contributed by atoms with van der Waals surface area (Å²) in [4.78, 5) is 25.1. The number of ether oxygens (including phenoxy) is 1. The van der Waals surface area contributed by atoms with Crippen LogP contribution >= 0.6 is 0 Å². The Bertz CT molecular complexity index is 380. The van der Waals surface area contributed by atoms with Gasteiger partial charge in [-0.2, -0.15) is 0 Å². The Morgan fingerprint density at radius 3 is 2.67 bits per heavy atom. The molecule has 3 N–H and O–H groups in total. The van der Waals surface area contributed by atoms with Crippen LogP contribution in [0, 0.1) is 11.3 Å². The first-order valence-corrected chi connectivity index (χ1v) is 7.87. The van der Waals surface area contributed by atoms with Gasteiger partial charge in [0.2, 0.25) is 5.91 Å². The highest BCUT2D eigenvalue weighted by molar-refractivity contribution is 5.80. The molecule has 120 valence electrons. The molecule has 1 aliphatic heterocycles. The Hall–Kier alpha value is -1.30. The van der Waals surface area contributed by atoms with Crippen molar-refractivity contribution in [3.63, 3.8) is 0 Å². The van der Waals surface area contributed by atoms with E-state index >= 15 is 0 Å². The number of amides is 3. The van der Waals surface area contributed by atoms with Crippen molar-refractivity contribution in [1.29, 1.82) is 0 Å². The molecular formula is C15H27N3O3. The molecule has 0 aromatic rings. The molecular weight excluding hydrogens is 270 g/mol. The van der Waals surface area contributed by atoms with Crippen LogP contribution in [0.5, 0.6) is 0 Å². The first kappa shape index (κ1) is 16.1.